The first-order chi connectivity index (χ1) is 9.87. The van der Waals surface area contributed by atoms with Crippen LogP contribution in [0.4, 0.5) is 4.39 Å². The average Bonchev–Trinajstić information content (AvgIpc) is 2.94. The van der Waals surface area contributed by atoms with E-state index < -0.39 is 15.8 Å². The number of hydrogen-bond donors (Lipinski definition) is 1. The van der Waals surface area contributed by atoms with Crippen LogP contribution in [0.2, 0.25) is 0 Å². The van der Waals surface area contributed by atoms with E-state index in [1.807, 2.05) is 7.05 Å². The van der Waals surface area contributed by atoms with Crippen molar-refractivity contribution in [2.75, 3.05) is 20.1 Å². The van der Waals surface area contributed by atoms with Crippen LogP contribution in [0.5, 0.6) is 0 Å². The standard InChI is InChI=1S/C14H17FN2O3S/c1-9-12-7-10(15)3-4-13(12)20-14(9)21(18,19)16-11-5-6-17(2)8-11/h3-4,7,11,16H,5-6,8H2,1-2H3. The summed E-state index contributed by atoms with van der Waals surface area (Å²) in [4.78, 5) is 2.06. The van der Waals surface area contributed by atoms with Crippen molar-refractivity contribution in [3.63, 3.8) is 0 Å². The normalized spacial score (nSPS) is 20.4. The number of likely N-dealkylation sites (N-methyl/N-ethyl adjacent to an activating group) is 1. The predicted molar refractivity (Wildman–Crippen MR) is 77.1 cm³/mol. The molecule has 114 valence electrons. The van der Waals surface area contributed by atoms with E-state index in [9.17, 15) is 12.8 Å². The van der Waals surface area contributed by atoms with Gasteiger partial charge in [-0.1, -0.05) is 0 Å². The summed E-state index contributed by atoms with van der Waals surface area (Å²) in [6.45, 7) is 3.16. The Kier molecular flexibility index (Phi) is 3.51. The van der Waals surface area contributed by atoms with Crippen LogP contribution in [0.3, 0.4) is 0 Å². The van der Waals surface area contributed by atoms with Crippen molar-refractivity contribution in [3.05, 3.63) is 29.6 Å². The maximum absolute atomic E-state index is 13.3. The Morgan fingerprint density at radius 2 is 2.19 bits per heavy atom. The van der Waals surface area contributed by atoms with Crippen LogP contribution in [0.25, 0.3) is 11.0 Å². The minimum atomic E-state index is -3.74. The maximum Gasteiger partial charge on any atom is 0.274 e. The highest BCUT2D eigenvalue weighted by Crippen LogP contribution is 2.29. The molecule has 0 radical (unpaired) electrons. The van der Waals surface area contributed by atoms with Crippen LogP contribution in [0.15, 0.2) is 27.7 Å². The fourth-order valence-corrected chi connectivity index (χ4v) is 4.18. The van der Waals surface area contributed by atoms with Crippen molar-refractivity contribution in [2.24, 2.45) is 0 Å². The van der Waals surface area contributed by atoms with Crippen LogP contribution in [-0.4, -0.2) is 39.5 Å². The van der Waals surface area contributed by atoms with Gasteiger partial charge in [-0.3, -0.25) is 0 Å². The van der Waals surface area contributed by atoms with Gasteiger partial charge in [0.2, 0.25) is 5.09 Å². The molecule has 1 atom stereocenters. The third-order valence-electron chi connectivity index (χ3n) is 3.81. The lowest BCUT2D eigenvalue weighted by molar-refractivity contribution is 0.405. The lowest BCUT2D eigenvalue weighted by Crippen LogP contribution is -2.36. The highest BCUT2D eigenvalue weighted by Gasteiger charge is 2.29. The first-order valence-corrected chi connectivity index (χ1v) is 8.24. The van der Waals surface area contributed by atoms with Gasteiger partial charge in [0.1, 0.15) is 11.4 Å². The first kappa shape index (κ1) is 14.5. The fourth-order valence-electron chi connectivity index (χ4n) is 2.73. The first-order valence-electron chi connectivity index (χ1n) is 6.76. The van der Waals surface area contributed by atoms with Gasteiger partial charge < -0.3 is 9.32 Å². The zero-order chi connectivity index (χ0) is 15.2. The van der Waals surface area contributed by atoms with Gasteiger partial charge in [-0.15, -0.1) is 0 Å². The molecule has 7 heteroatoms. The number of nitrogens with zero attached hydrogens (tertiary/aromatic N) is 1. The summed E-state index contributed by atoms with van der Waals surface area (Å²) in [5.41, 5.74) is 0.807. The second-order valence-corrected chi connectivity index (χ2v) is 7.14. The molecule has 0 bridgehead atoms. The molecule has 1 aromatic carbocycles. The van der Waals surface area contributed by atoms with E-state index in [1.54, 1.807) is 6.92 Å². The molecule has 1 N–H and O–H groups in total. The molecule has 1 fully saturated rings. The monoisotopic (exact) mass is 312 g/mol. The molecular formula is C14H17FN2O3S. The number of aryl methyl sites for hydroxylation is 1. The zero-order valence-corrected chi connectivity index (χ0v) is 12.7. The zero-order valence-electron chi connectivity index (χ0n) is 11.9. The number of halogens is 1. The summed E-state index contributed by atoms with van der Waals surface area (Å²) in [5.74, 6) is -0.416. The lowest BCUT2D eigenvalue weighted by Gasteiger charge is -2.12. The van der Waals surface area contributed by atoms with E-state index in [0.717, 1.165) is 13.0 Å². The van der Waals surface area contributed by atoms with Gasteiger partial charge in [-0.25, -0.2) is 17.5 Å². The van der Waals surface area contributed by atoms with Crippen molar-refractivity contribution in [1.29, 1.82) is 0 Å². The van der Waals surface area contributed by atoms with Gasteiger partial charge in [0.05, 0.1) is 0 Å². The van der Waals surface area contributed by atoms with Gasteiger partial charge in [-0.05, 0) is 45.1 Å². The number of hydrogen-bond acceptors (Lipinski definition) is 4. The molecule has 0 spiro atoms. The van der Waals surface area contributed by atoms with Crippen LogP contribution < -0.4 is 4.72 Å². The highest BCUT2D eigenvalue weighted by atomic mass is 32.2. The summed E-state index contributed by atoms with van der Waals surface area (Å²) in [7, 11) is -1.79. The number of furan rings is 1. The van der Waals surface area contributed by atoms with E-state index in [0.29, 0.717) is 23.1 Å². The van der Waals surface area contributed by atoms with Crippen LogP contribution in [0, 0.1) is 12.7 Å². The fraction of sp³-hybridized carbons (Fsp3) is 0.429. The van der Waals surface area contributed by atoms with Gasteiger partial charge in [0.15, 0.2) is 0 Å². The van der Waals surface area contributed by atoms with Gasteiger partial charge in [0.25, 0.3) is 10.0 Å². The van der Waals surface area contributed by atoms with Crippen molar-refractivity contribution in [2.45, 2.75) is 24.5 Å². The molecule has 1 aromatic heterocycles. The minimum Gasteiger partial charge on any atom is -0.443 e. The summed E-state index contributed by atoms with van der Waals surface area (Å²) < 4.78 is 46.3. The van der Waals surface area contributed by atoms with E-state index in [1.165, 1.54) is 18.2 Å². The number of rotatable bonds is 3. The van der Waals surface area contributed by atoms with Gasteiger partial charge in [-0.2, -0.15) is 0 Å². The second kappa shape index (κ2) is 5.08. The highest BCUT2D eigenvalue weighted by molar-refractivity contribution is 7.89. The minimum absolute atomic E-state index is 0.121. The summed E-state index contributed by atoms with van der Waals surface area (Å²) >= 11 is 0. The van der Waals surface area contributed by atoms with E-state index in [-0.39, 0.29) is 11.1 Å². The molecule has 1 aliphatic rings. The number of sulfonamides is 1. The van der Waals surface area contributed by atoms with Crippen molar-refractivity contribution >= 4 is 21.0 Å². The number of nitrogens with one attached hydrogen (secondary N) is 1. The van der Waals surface area contributed by atoms with E-state index in [2.05, 4.69) is 9.62 Å². The predicted octanol–water partition coefficient (Wildman–Crippen LogP) is 1.86. The average molecular weight is 312 g/mol. The summed E-state index contributed by atoms with van der Waals surface area (Å²) in [6.07, 6.45) is 0.767. The number of likely N-dealkylation sites (tertiary alicyclic amines) is 1. The largest absolute Gasteiger partial charge is 0.443 e. The number of benzene rings is 1. The smallest absolute Gasteiger partial charge is 0.274 e. The SMILES string of the molecule is Cc1c(S(=O)(=O)NC2CCN(C)C2)oc2ccc(F)cc12. The molecule has 3 rings (SSSR count). The summed E-state index contributed by atoms with van der Waals surface area (Å²) in [5, 5.41) is 0.358. The molecule has 21 heavy (non-hydrogen) atoms. The van der Waals surface area contributed by atoms with Crippen LogP contribution >= 0.6 is 0 Å². The Morgan fingerprint density at radius 3 is 2.86 bits per heavy atom. The Balaban J connectivity index is 1.97. The van der Waals surface area contributed by atoms with Crippen LogP contribution in [0.1, 0.15) is 12.0 Å². The molecular weight excluding hydrogens is 295 g/mol. The van der Waals surface area contributed by atoms with Crippen LogP contribution in [-0.2, 0) is 10.0 Å². The lowest BCUT2D eigenvalue weighted by atomic mass is 10.2. The third-order valence-corrected chi connectivity index (χ3v) is 5.33. The maximum atomic E-state index is 13.3. The van der Waals surface area contributed by atoms with Gasteiger partial charge in [0, 0.05) is 23.5 Å². The van der Waals surface area contributed by atoms with E-state index in [4.69, 9.17) is 4.42 Å². The molecule has 1 unspecified atom stereocenters. The third kappa shape index (κ3) is 2.68. The molecule has 1 aliphatic heterocycles. The Morgan fingerprint density at radius 1 is 1.43 bits per heavy atom. The Bertz CT molecular complexity index is 785. The Hall–Kier alpha value is -1.44. The van der Waals surface area contributed by atoms with Gasteiger partial charge >= 0.3 is 0 Å². The molecule has 2 aromatic rings. The van der Waals surface area contributed by atoms with Crippen molar-refractivity contribution < 1.29 is 17.2 Å². The molecule has 2 heterocycles. The van der Waals surface area contributed by atoms with E-state index >= 15 is 0 Å². The molecule has 1 saturated heterocycles. The topological polar surface area (TPSA) is 62.6 Å². The Labute approximate surface area is 122 Å². The molecule has 5 nitrogen and oxygen atoms in total. The molecule has 0 saturated carbocycles. The second-order valence-electron chi connectivity index (χ2n) is 5.52. The summed E-state index contributed by atoms with van der Waals surface area (Å²) in [6, 6.07) is 3.86. The number of fused-ring (bicyclic) bond motifs is 1. The molecule has 0 amide bonds. The quantitative estimate of drug-likeness (QED) is 0.940. The molecule has 0 aliphatic carbocycles. The van der Waals surface area contributed by atoms with Crippen molar-refractivity contribution in [3.8, 4) is 0 Å². The van der Waals surface area contributed by atoms with Crippen molar-refractivity contribution in [1.82, 2.24) is 9.62 Å².